The lowest BCUT2D eigenvalue weighted by atomic mass is 10.1. The molecule has 0 spiro atoms. The van der Waals surface area contributed by atoms with E-state index in [1.807, 2.05) is 24.3 Å². The largest absolute Gasteiger partial charge is 0.302 e. The molecule has 122 valence electrons. The molecule has 0 fully saturated rings. The summed E-state index contributed by atoms with van der Waals surface area (Å²) in [6.07, 6.45) is 2.51. The number of hydrogen-bond donors (Lipinski definition) is 1. The normalized spacial score (nSPS) is 10.6. The molecule has 0 aliphatic carbocycles. The molecule has 0 saturated heterocycles. The van der Waals surface area contributed by atoms with Gasteiger partial charge in [0.05, 0.1) is 6.42 Å². The molecule has 1 N–H and O–H groups in total. The first kappa shape index (κ1) is 16.8. The minimum atomic E-state index is -0.372. The Labute approximate surface area is 151 Å². The Bertz CT molecular complexity index is 848. The van der Waals surface area contributed by atoms with Crippen LogP contribution in [0.5, 0.6) is 0 Å². The molecule has 0 radical (unpaired) electrons. The van der Waals surface area contributed by atoms with E-state index >= 15 is 0 Å². The molecule has 3 nitrogen and oxygen atoms in total. The molecule has 0 atom stereocenters. The Morgan fingerprint density at radius 1 is 1.17 bits per heavy atom. The number of amides is 1. The fraction of sp³-hybridized carbons (Fsp3) is 0.111. The molecule has 2 aromatic carbocycles. The van der Waals surface area contributed by atoms with Crippen molar-refractivity contribution >= 4 is 38.3 Å². The second-order valence-corrected chi connectivity index (χ2v) is 7.28. The summed E-state index contributed by atoms with van der Waals surface area (Å²) in [7, 11) is 0. The van der Waals surface area contributed by atoms with E-state index in [1.54, 1.807) is 24.4 Å². The number of nitrogens with one attached hydrogen (secondary N) is 1. The number of rotatable bonds is 5. The summed E-state index contributed by atoms with van der Waals surface area (Å²) < 4.78 is 14.6. The van der Waals surface area contributed by atoms with Gasteiger partial charge in [-0.3, -0.25) is 4.79 Å². The Hall–Kier alpha value is -2.05. The summed E-state index contributed by atoms with van der Waals surface area (Å²) in [6.45, 7) is 0. The summed E-state index contributed by atoms with van der Waals surface area (Å²) in [6, 6.07) is 14.3. The fourth-order valence-corrected chi connectivity index (χ4v) is 3.36. The lowest BCUT2D eigenvalue weighted by Gasteiger charge is -2.03. The van der Waals surface area contributed by atoms with Crippen molar-refractivity contribution in [2.75, 3.05) is 5.32 Å². The molecule has 3 rings (SSSR count). The Morgan fingerprint density at radius 3 is 2.67 bits per heavy atom. The zero-order valence-electron chi connectivity index (χ0n) is 12.6. The van der Waals surface area contributed by atoms with Gasteiger partial charge in [0.2, 0.25) is 5.91 Å². The second-order valence-electron chi connectivity index (χ2n) is 5.25. The maximum Gasteiger partial charge on any atom is 0.230 e. The van der Waals surface area contributed by atoms with Crippen LogP contribution >= 0.6 is 27.3 Å². The van der Waals surface area contributed by atoms with Crippen LogP contribution in [0, 0.1) is 5.82 Å². The average Bonchev–Trinajstić information content (AvgIpc) is 2.99. The minimum Gasteiger partial charge on any atom is -0.302 e. The minimum absolute atomic E-state index is 0.00566. The van der Waals surface area contributed by atoms with Gasteiger partial charge in [-0.05, 0) is 29.3 Å². The van der Waals surface area contributed by atoms with Crippen LogP contribution in [0.25, 0.3) is 0 Å². The van der Waals surface area contributed by atoms with Crippen molar-refractivity contribution in [3.8, 4) is 0 Å². The van der Waals surface area contributed by atoms with Crippen molar-refractivity contribution in [2.45, 2.75) is 12.8 Å². The van der Waals surface area contributed by atoms with Crippen molar-refractivity contribution in [3.05, 3.63) is 81.0 Å². The van der Waals surface area contributed by atoms with Gasteiger partial charge in [0.25, 0.3) is 0 Å². The predicted octanol–water partition coefficient (Wildman–Crippen LogP) is 4.82. The van der Waals surface area contributed by atoms with Crippen molar-refractivity contribution in [1.82, 2.24) is 4.98 Å². The fourth-order valence-electron chi connectivity index (χ4n) is 2.23. The molecule has 0 saturated carbocycles. The first-order valence-corrected chi connectivity index (χ1v) is 8.93. The van der Waals surface area contributed by atoms with Gasteiger partial charge in [-0.1, -0.05) is 46.3 Å². The van der Waals surface area contributed by atoms with Crippen LogP contribution < -0.4 is 5.32 Å². The zero-order valence-corrected chi connectivity index (χ0v) is 15.0. The highest BCUT2D eigenvalue weighted by atomic mass is 79.9. The smallest absolute Gasteiger partial charge is 0.230 e. The van der Waals surface area contributed by atoms with Gasteiger partial charge >= 0.3 is 0 Å². The number of anilines is 1. The Balaban J connectivity index is 1.60. The molecule has 1 heterocycles. The third kappa shape index (κ3) is 4.49. The van der Waals surface area contributed by atoms with Crippen molar-refractivity contribution in [3.63, 3.8) is 0 Å². The molecule has 0 aliphatic rings. The van der Waals surface area contributed by atoms with Gasteiger partial charge in [-0.25, -0.2) is 9.37 Å². The van der Waals surface area contributed by atoms with E-state index in [-0.39, 0.29) is 18.1 Å². The summed E-state index contributed by atoms with van der Waals surface area (Å²) >= 11 is 4.84. The third-order valence-electron chi connectivity index (χ3n) is 3.40. The highest BCUT2D eigenvalue weighted by Gasteiger charge is 2.10. The zero-order chi connectivity index (χ0) is 16.9. The quantitative estimate of drug-likeness (QED) is 0.662. The van der Waals surface area contributed by atoms with Gasteiger partial charge in [-0.2, -0.15) is 0 Å². The van der Waals surface area contributed by atoms with E-state index in [4.69, 9.17) is 0 Å². The van der Waals surface area contributed by atoms with Crippen LogP contribution in [-0.2, 0) is 17.6 Å². The number of aromatic nitrogens is 1. The van der Waals surface area contributed by atoms with Crippen LogP contribution in [0.3, 0.4) is 0 Å². The lowest BCUT2D eigenvalue weighted by molar-refractivity contribution is -0.115. The first-order chi connectivity index (χ1) is 11.6. The number of thiazole rings is 1. The maximum atomic E-state index is 13.6. The number of halogens is 2. The Morgan fingerprint density at radius 2 is 1.92 bits per heavy atom. The summed E-state index contributed by atoms with van der Waals surface area (Å²) in [5.74, 6) is -0.646. The molecule has 0 unspecified atom stereocenters. The van der Waals surface area contributed by atoms with E-state index in [1.165, 1.54) is 23.0 Å². The van der Waals surface area contributed by atoms with Gasteiger partial charge in [0, 0.05) is 22.0 Å². The maximum absolute atomic E-state index is 13.6. The number of nitrogens with zero attached hydrogens (tertiary/aromatic N) is 1. The van der Waals surface area contributed by atoms with Gasteiger partial charge < -0.3 is 5.32 Å². The summed E-state index contributed by atoms with van der Waals surface area (Å²) in [4.78, 5) is 17.3. The lowest BCUT2D eigenvalue weighted by Crippen LogP contribution is -2.14. The molecule has 24 heavy (non-hydrogen) atoms. The number of carbonyl (C=O) groups excluding carboxylic acids is 1. The second kappa shape index (κ2) is 7.68. The van der Waals surface area contributed by atoms with Gasteiger partial charge in [0.1, 0.15) is 5.82 Å². The van der Waals surface area contributed by atoms with E-state index in [0.29, 0.717) is 10.7 Å². The topological polar surface area (TPSA) is 42.0 Å². The molecular weight excluding hydrogens is 391 g/mol. The number of hydrogen-bond acceptors (Lipinski definition) is 3. The van der Waals surface area contributed by atoms with E-state index in [2.05, 4.69) is 26.2 Å². The molecular formula is C18H14BrFN2OS. The molecule has 6 heteroatoms. The highest BCUT2D eigenvalue weighted by molar-refractivity contribution is 9.10. The van der Waals surface area contributed by atoms with E-state index < -0.39 is 0 Å². The van der Waals surface area contributed by atoms with Crippen molar-refractivity contribution < 1.29 is 9.18 Å². The van der Waals surface area contributed by atoms with Crippen LogP contribution in [0.4, 0.5) is 9.52 Å². The van der Waals surface area contributed by atoms with Crippen LogP contribution in [-0.4, -0.2) is 10.9 Å². The van der Waals surface area contributed by atoms with Gasteiger partial charge in [-0.15, -0.1) is 11.3 Å². The highest BCUT2D eigenvalue weighted by Crippen LogP contribution is 2.22. The van der Waals surface area contributed by atoms with Crippen LogP contribution in [0.2, 0.25) is 0 Å². The van der Waals surface area contributed by atoms with Crippen molar-refractivity contribution in [1.29, 1.82) is 0 Å². The number of benzene rings is 2. The van der Waals surface area contributed by atoms with Gasteiger partial charge in [0.15, 0.2) is 5.13 Å². The van der Waals surface area contributed by atoms with E-state index in [9.17, 15) is 9.18 Å². The molecule has 0 aliphatic heterocycles. The molecule has 0 bridgehead atoms. The van der Waals surface area contributed by atoms with Crippen molar-refractivity contribution in [2.24, 2.45) is 0 Å². The predicted molar refractivity (Wildman–Crippen MR) is 97.8 cm³/mol. The monoisotopic (exact) mass is 404 g/mol. The third-order valence-corrected chi connectivity index (χ3v) is 4.84. The summed E-state index contributed by atoms with van der Waals surface area (Å²) in [5.41, 5.74) is 1.55. The standard InChI is InChI=1S/C18H14BrFN2OS/c19-14-7-5-12(6-8-14)9-15-11-21-18(24-15)22-17(23)10-13-3-1-2-4-16(13)20/h1-8,11H,9-10H2,(H,21,22,23). The SMILES string of the molecule is O=C(Cc1ccccc1F)Nc1ncc(Cc2ccc(Br)cc2)s1. The summed E-state index contributed by atoms with van der Waals surface area (Å²) in [5, 5.41) is 3.26. The molecule has 1 amide bonds. The Kier molecular flexibility index (Phi) is 5.37. The average molecular weight is 405 g/mol. The van der Waals surface area contributed by atoms with E-state index in [0.717, 1.165) is 15.8 Å². The first-order valence-electron chi connectivity index (χ1n) is 7.32. The van der Waals surface area contributed by atoms with Crippen LogP contribution in [0.1, 0.15) is 16.0 Å². The molecule has 1 aromatic heterocycles. The molecule has 3 aromatic rings. The number of carbonyl (C=O) groups is 1. The van der Waals surface area contributed by atoms with Crippen LogP contribution in [0.15, 0.2) is 59.2 Å².